The molecule has 0 aliphatic carbocycles. The predicted molar refractivity (Wildman–Crippen MR) is 120 cm³/mol. The standard InChI is InChI=1S/C24H16Cl2Te/c25-27(26,21-13-5-1-9-17(21)18-10-2-6-14-22(18)27)23-15-7-3-11-19(23)20-12-4-8-16-24(20)27/h1-16H. The van der Waals surface area contributed by atoms with Gasteiger partial charge in [-0.05, 0) is 0 Å². The summed E-state index contributed by atoms with van der Waals surface area (Å²) >= 11 is -5.35. The number of halogens is 2. The minimum atomic E-state index is -5.35. The van der Waals surface area contributed by atoms with Gasteiger partial charge in [0.15, 0.2) is 0 Å². The number of rotatable bonds is 0. The molecule has 27 heavy (non-hydrogen) atoms. The first kappa shape index (κ1) is 16.2. The van der Waals surface area contributed by atoms with Crippen LogP contribution in [0.4, 0.5) is 0 Å². The third-order valence-electron chi connectivity index (χ3n) is 6.11. The van der Waals surface area contributed by atoms with Crippen molar-refractivity contribution in [3.05, 3.63) is 97.1 Å². The van der Waals surface area contributed by atoms with Crippen molar-refractivity contribution in [3.63, 3.8) is 0 Å². The molecule has 0 radical (unpaired) electrons. The van der Waals surface area contributed by atoms with Crippen molar-refractivity contribution in [1.29, 1.82) is 0 Å². The topological polar surface area (TPSA) is 0 Å². The van der Waals surface area contributed by atoms with E-state index in [1.54, 1.807) is 0 Å². The van der Waals surface area contributed by atoms with E-state index in [1.807, 2.05) is 0 Å². The Bertz CT molecular complexity index is 1100. The Labute approximate surface area is 164 Å². The van der Waals surface area contributed by atoms with Crippen molar-refractivity contribution in [2.75, 3.05) is 0 Å². The molecule has 0 saturated carbocycles. The molecule has 4 aromatic carbocycles. The van der Waals surface area contributed by atoms with Gasteiger partial charge in [-0.1, -0.05) is 0 Å². The van der Waals surface area contributed by atoms with Gasteiger partial charge in [-0.15, -0.1) is 0 Å². The van der Waals surface area contributed by atoms with Crippen LogP contribution in [0.5, 0.6) is 0 Å². The van der Waals surface area contributed by atoms with Crippen LogP contribution in [0, 0.1) is 0 Å². The summed E-state index contributed by atoms with van der Waals surface area (Å²) in [6.07, 6.45) is 0. The van der Waals surface area contributed by atoms with Crippen molar-refractivity contribution in [1.82, 2.24) is 0 Å². The molecule has 0 saturated heterocycles. The van der Waals surface area contributed by atoms with Gasteiger partial charge < -0.3 is 0 Å². The van der Waals surface area contributed by atoms with Crippen molar-refractivity contribution < 1.29 is 0 Å². The van der Waals surface area contributed by atoms with Crippen LogP contribution in [0.15, 0.2) is 97.1 Å². The van der Waals surface area contributed by atoms with Crippen LogP contribution >= 0.6 is 17.9 Å². The van der Waals surface area contributed by atoms with E-state index in [9.17, 15) is 0 Å². The molecule has 0 bridgehead atoms. The molecule has 2 aliphatic rings. The monoisotopic (exact) mass is 504 g/mol. The SMILES string of the molecule is Cl[Te]12(Cl)(c3ccccc3-c3ccccc31)c1ccccc1-c1ccccc12. The summed E-state index contributed by atoms with van der Waals surface area (Å²) in [7, 11) is 16.4. The maximum absolute atomic E-state index is 8.19. The molecule has 6 rings (SSSR count). The van der Waals surface area contributed by atoms with Gasteiger partial charge in [-0.3, -0.25) is 0 Å². The normalized spacial score (nSPS) is 21.0. The molecule has 0 nitrogen and oxygen atoms in total. The molecule has 4 aromatic rings. The number of fused-ring (bicyclic) bond motifs is 10. The first-order valence-corrected chi connectivity index (χ1v) is 19.5. The van der Waals surface area contributed by atoms with Crippen LogP contribution in [0.3, 0.4) is 0 Å². The van der Waals surface area contributed by atoms with Gasteiger partial charge in [-0.2, -0.15) is 0 Å². The van der Waals surface area contributed by atoms with Crippen LogP contribution in [0.1, 0.15) is 0 Å². The Morgan fingerprint density at radius 1 is 0.370 bits per heavy atom. The molecule has 0 atom stereocenters. The summed E-state index contributed by atoms with van der Waals surface area (Å²) in [5, 5.41) is 0. The van der Waals surface area contributed by atoms with Crippen molar-refractivity contribution in [3.8, 4) is 22.3 Å². The number of hydrogen-bond acceptors (Lipinski definition) is 0. The molecule has 0 amide bonds. The van der Waals surface area contributed by atoms with Crippen molar-refractivity contribution >= 4 is 45.6 Å². The van der Waals surface area contributed by atoms with Gasteiger partial charge in [0.1, 0.15) is 0 Å². The zero-order chi connectivity index (χ0) is 18.3. The van der Waals surface area contributed by atoms with Crippen molar-refractivity contribution in [2.24, 2.45) is 0 Å². The van der Waals surface area contributed by atoms with Gasteiger partial charge in [-0.25, -0.2) is 0 Å². The third kappa shape index (κ3) is 1.47. The second-order valence-corrected chi connectivity index (χ2v) is 31.1. The molecule has 0 fully saturated rings. The van der Waals surface area contributed by atoms with E-state index < -0.39 is 13.2 Å². The molecule has 1 spiro atoms. The fourth-order valence-corrected chi connectivity index (χ4v) is 28.4. The molecule has 2 aliphatic heterocycles. The van der Waals surface area contributed by atoms with Crippen LogP contribution < -0.4 is 14.4 Å². The quantitative estimate of drug-likeness (QED) is 0.313. The summed E-state index contributed by atoms with van der Waals surface area (Å²) in [6.45, 7) is 0. The van der Waals surface area contributed by atoms with Gasteiger partial charge >= 0.3 is 165 Å². The molecule has 132 valence electrons. The minimum absolute atomic E-state index is 1.10. The van der Waals surface area contributed by atoms with Crippen LogP contribution in [-0.4, -0.2) is 13.2 Å². The number of benzene rings is 4. The van der Waals surface area contributed by atoms with E-state index in [2.05, 4.69) is 97.1 Å². The molecule has 0 unspecified atom stereocenters. The van der Waals surface area contributed by atoms with Gasteiger partial charge in [0, 0.05) is 0 Å². The molecule has 2 heterocycles. The van der Waals surface area contributed by atoms with E-state index in [4.69, 9.17) is 17.9 Å². The molecular formula is C24H16Cl2Te. The average Bonchev–Trinajstić information content (AvgIpc) is 3.06. The van der Waals surface area contributed by atoms with E-state index in [1.165, 1.54) is 0 Å². The first-order chi connectivity index (χ1) is 13.0. The van der Waals surface area contributed by atoms with Gasteiger partial charge in [0.05, 0.1) is 0 Å². The Hall–Kier alpha value is -1.75. The zero-order valence-corrected chi connectivity index (χ0v) is 18.2. The predicted octanol–water partition coefficient (Wildman–Crippen LogP) is 4.40. The first-order valence-electron chi connectivity index (χ1n) is 8.93. The molecule has 3 heteroatoms. The average molecular weight is 503 g/mol. The van der Waals surface area contributed by atoms with E-state index in [0.717, 1.165) is 36.7 Å². The summed E-state index contributed by atoms with van der Waals surface area (Å²) < 4.78 is 4.39. The summed E-state index contributed by atoms with van der Waals surface area (Å²) in [6, 6.07) is 33.8. The van der Waals surface area contributed by atoms with E-state index >= 15 is 0 Å². The zero-order valence-electron chi connectivity index (χ0n) is 14.4. The molecular weight excluding hydrogens is 487 g/mol. The van der Waals surface area contributed by atoms with E-state index in [-0.39, 0.29) is 0 Å². The Kier molecular flexibility index (Phi) is 2.78. The fourth-order valence-electron chi connectivity index (χ4n) is 5.07. The Morgan fingerprint density at radius 3 is 0.852 bits per heavy atom. The number of hydrogen-bond donors (Lipinski definition) is 0. The second kappa shape index (κ2) is 4.62. The Morgan fingerprint density at radius 2 is 0.593 bits per heavy atom. The van der Waals surface area contributed by atoms with Gasteiger partial charge in [0.2, 0.25) is 0 Å². The van der Waals surface area contributed by atoms with Crippen LogP contribution in [0.2, 0.25) is 0 Å². The van der Waals surface area contributed by atoms with Crippen molar-refractivity contribution in [2.45, 2.75) is 0 Å². The molecule has 0 aromatic heterocycles. The maximum atomic E-state index is 8.19. The fraction of sp³-hybridized carbons (Fsp3) is 0. The second-order valence-electron chi connectivity index (χ2n) is 7.27. The third-order valence-corrected chi connectivity index (χ3v) is 30.4. The summed E-state index contributed by atoms with van der Waals surface area (Å²) in [4.78, 5) is 0. The molecule has 0 N–H and O–H groups in total. The summed E-state index contributed by atoms with van der Waals surface area (Å²) in [5.41, 5.74) is 4.65. The van der Waals surface area contributed by atoms with E-state index in [0.29, 0.717) is 0 Å². The summed E-state index contributed by atoms with van der Waals surface area (Å²) in [5.74, 6) is 0. The van der Waals surface area contributed by atoms with Gasteiger partial charge in [0.25, 0.3) is 0 Å². The van der Waals surface area contributed by atoms with Crippen LogP contribution in [0.25, 0.3) is 22.3 Å². The Balaban J connectivity index is 2.02. The van der Waals surface area contributed by atoms with Crippen LogP contribution in [-0.2, 0) is 0 Å².